The van der Waals surface area contributed by atoms with Crippen molar-refractivity contribution < 1.29 is 15.9 Å². The van der Waals surface area contributed by atoms with Crippen LogP contribution in [0.2, 0.25) is 0 Å². The minimum atomic E-state index is -0.106. The molecule has 0 amide bonds. The van der Waals surface area contributed by atoms with Crippen molar-refractivity contribution in [3.8, 4) is 34.4 Å². The van der Waals surface area contributed by atoms with Gasteiger partial charge in [0.05, 0.1) is 23.3 Å². The Morgan fingerprint density at radius 3 is 0.918 bits per heavy atom. The van der Waals surface area contributed by atoms with Crippen LogP contribution in [0.25, 0.3) is 22.3 Å². The summed E-state index contributed by atoms with van der Waals surface area (Å²) in [6.45, 7) is 4.53. The second kappa shape index (κ2) is 27.9. The third-order valence-corrected chi connectivity index (χ3v) is 8.74. The zero-order chi connectivity index (χ0) is 35.4. The van der Waals surface area contributed by atoms with Gasteiger partial charge in [-0.15, -0.1) is 0 Å². The average Bonchev–Trinajstić information content (AvgIpc) is 3.15. The summed E-state index contributed by atoms with van der Waals surface area (Å²) >= 11 is -0.106. The van der Waals surface area contributed by atoms with Gasteiger partial charge in [-0.1, -0.05) is 164 Å². The third-order valence-electron chi connectivity index (χ3n) is 8.74. The van der Waals surface area contributed by atoms with Gasteiger partial charge in [-0.2, -0.15) is 10.5 Å². The molecule has 0 aliphatic heterocycles. The number of halogens is 2. The standard InChI is InChI=1S/2C22H27N.2ClH.Pd/c2*1-2-3-4-5-6-7-8-9-19-10-14-21(15-11-19)22-16-12-20(18-23)13-17-22;;;/h2*10-17H,2-9H2,1H3;2*1H;/q;;;;+2/p-2. The second-order valence-electron chi connectivity index (χ2n) is 12.6. The van der Waals surface area contributed by atoms with Crippen LogP contribution in [0.3, 0.4) is 0 Å². The first-order valence-corrected chi connectivity index (χ1v) is 22.1. The molecule has 0 saturated heterocycles. The molecule has 0 heterocycles. The van der Waals surface area contributed by atoms with E-state index in [0.29, 0.717) is 11.1 Å². The van der Waals surface area contributed by atoms with Crippen LogP contribution in [0.4, 0.5) is 0 Å². The molecule has 0 spiro atoms. The summed E-state index contributed by atoms with van der Waals surface area (Å²) in [5.74, 6) is 0. The molecule has 0 unspecified atom stereocenters. The molecule has 0 N–H and O–H groups in total. The molecule has 0 aliphatic carbocycles. The fraction of sp³-hybridized carbons (Fsp3) is 0.409. The summed E-state index contributed by atoms with van der Waals surface area (Å²) in [6, 6.07) is 37.6. The zero-order valence-electron chi connectivity index (χ0n) is 29.5. The van der Waals surface area contributed by atoms with Gasteiger partial charge in [0.2, 0.25) is 0 Å². The molecule has 0 atom stereocenters. The van der Waals surface area contributed by atoms with E-state index in [1.807, 2.05) is 48.5 Å². The van der Waals surface area contributed by atoms with Crippen LogP contribution in [0.5, 0.6) is 0 Å². The minimum absolute atomic E-state index is 0.106. The average molecular weight is 788 g/mol. The molecule has 0 radical (unpaired) electrons. The maximum absolute atomic E-state index is 8.85. The van der Waals surface area contributed by atoms with Gasteiger partial charge < -0.3 is 0 Å². The number of aryl methyl sites for hydroxylation is 2. The van der Waals surface area contributed by atoms with Crippen LogP contribution in [0, 0.1) is 22.7 Å². The van der Waals surface area contributed by atoms with Gasteiger partial charge in [-0.25, -0.2) is 0 Å². The van der Waals surface area contributed by atoms with Crippen LogP contribution in [0.1, 0.15) is 126 Å². The first-order chi connectivity index (χ1) is 24.1. The van der Waals surface area contributed by atoms with Crippen molar-refractivity contribution in [1.29, 1.82) is 10.5 Å². The molecule has 0 saturated carbocycles. The van der Waals surface area contributed by atoms with Gasteiger partial charge in [0, 0.05) is 0 Å². The molecule has 0 fully saturated rings. The van der Waals surface area contributed by atoms with Gasteiger partial charge in [0.15, 0.2) is 0 Å². The monoisotopic (exact) mass is 786 g/mol. The topological polar surface area (TPSA) is 47.6 Å². The zero-order valence-corrected chi connectivity index (χ0v) is 32.6. The van der Waals surface area contributed by atoms with Crippen LogP contribution in [-0.4, -0.2) is 0 Å². The van der Waals surface area contributed by atoms with E-state index in [9.17, 15) is 0 Å². The summed E-state index contributed by atoms with van der Waals surface area (Å²) in [6.07, 6.45) is 21.4. The summed E-state index contributed by atoms with van der Waals surface area (Å²) in [5.41, 5.74) is 9.06. The van der Waals surface area contributed by atoms with E-state index < -0.39 is 0 Å². The SMILES string of the molecule is CCCCCCCCCc1ccc(-c2ccc(C#N)cc2)cc1.CCCCCCCCCc1ccc(-c2ccc(C#N)cc2)cc1.[Cl][Pd][Cl]. The first-order valence-electron chi connectivity index (χ1n) is 18.1. The van der Waals surface area contributed by atoms with Crippen molar-refractivity contribution >= 4 is 19.1 Å². The number of benzene rings is 4. The molecular formula is C44H54Cl2N2Pd. The van der Waals surface area contributed by atoms with Gasteiger partial charge in [-0.05, 0) is 83.3 Å². The van der Waals surface area contributed by atoms with Gasteiger partial charge in [0.1, 0.15) is 0 Å². The molecule has 264 valence electrons. The Labute approximate surface area is 314 Å². The third kappa shape index (κ3) is 18.6. The Bertz CT molecular complexity index is 1350. The second-order valence-corrected chi connectivity index (χ2v) is 14.9. The summed E-state index contributed by atoms with van der Waals surface area (Å²) in [4.78, 5) is 0. The molecule has 0 aliphatic rings. The van der Waals surface area contributed by atoms with Crippen molar-refractivity contribution in [3.05, 3.63) is 119 Å². The van der Waals surface area contributed by atoms with E-state index in [0.717, 1.165) is 0 Å². The Morgan fingerprint density at radius 2 is 0.653 bits per heavy atom. The predicted molar refractivity (Wildman–Crippen MR) is 208 cm³/mol. The molecule has 0 bridgehead atoms. The molecule has 2 nitrogen and oxygen atoms in total. The van der Waals surface area contributed by atoms with Crippen molar-refractivity contribution in [2.24, 2.45) is 0 Å². The number of hydrogen-bond donors (Lipinski definition) is 0. The quantitative estimate of drug-likeness (QED) is 0.0745. The number of unbranched alkanes of at least 4 members (excludes halogenated alkanes) is 12. The van der Waals surface area contributed by atoms with Crippen molar-refractivity contribution in [2.75, 3.05) is 0 Å². The predicted octanol–water partition coefficient (Wildman–Crippen LogP) is 14.4. The molecule has 4 aromatic rings. The van der Waals surface area contributed by atoms with E-state index in [1.165, 1.54) is 136 Å². The van der Waals surface area contributed by atoms with E-state index in [4.69, 9.17) is 29.6 Å². The molecule has 0 aromatic heterocycles. The maximum atomic E-state index is 8.85. The number of hydrogen-bond acceptors (Lipinski definition) is 2. The number of nitrogens with zero attached hydrogens (tertiary/aromatic N) is 2. The van der Waals surface area contributed by atoms with Crippen LogP contribution >= 0.6 is 19.1 Å². The van der Waals surface area contributed by atoms with Gasteiger partial charge in [-0.3, -0.25) is 0 Å². The Hall–Kier alpha value is -2.90. The fourth-order valence-electron chi connectivity index (χ4n) is 5.77. The fourth-order valence-corrected chi connectivity index (χ4v) is 5.77. The Balaban J connectivity index is 0.000000315. The van der Waals surface area contributed by atoms with Crippen LogP contribution < -0.4 is 0 Å². The van der Waals surface area contributed by atoms with E-state index >= 15 is 0 Å². The van der Waals surface area contributed by atoms with Crippen LogP contribution in [-0.2, 0) is 28.8 Å². The number of rotatable bonds is 18. The molecule has 5 heteroatoms. The normalized spacial score (nSPS) is 10.2. The van der Waals surface area contributed by atoms with Crippen molar-refractivity contribution in [2.45, 2.75) is 117 Å². The first kappa shape index (κ1) is 42.3. The van der Waals surface area contributed by atoms with Gasteiger partial charge >= 0.3 is 35.0 Å². The van der Waals surface area contributed by atoms with Crippen LogP contribution in [0.15, 0.2) is 97.1 Å². The van der Waals surface area contributed by atoms with Gasteiger partial charge in [0.25, 0.3) is 0 Å². The Morgan fingerprint density at radius 1 is 0.408 bits per heavy atom. The van der Waals surface area contributed by atoms with E-state index in [1.54, 1.807) is 0 Å². The summed E-state index contributed by atoms with van der Waals surface area (Å²) < 4.78 is 0. The van der Waals surface area contributed by atoms with E-state index in [2.05, 4.69) is 74.5 Å². The van der Waals surface area contributed by atoms with E-state index in [-0.39, 0.29) is 15.9 Å². The van der Waals surface area contributed by atoms with Crippen molar-refractivity contribution in [1.82, 2.24) is 0 Å². The van der Waals surface area contributed by atoms with Crippen molar-refractivity contribution in [3.63, 3.8) is 0 Å². The summed E-state index contributed by atoms with van der Waals surface area (Å²) in [7, 11) is 9.63. The number of nitriles is 2. The molecule has 4 aromatic carbocycles. The Kier molecular flexibility index (Phi) is 24.0. The molecule has 49 heavy (non-hydrogen) atoms. The summed E-state index contributed by atoms with van der Waals surface area (Å²) in [5, 5.41) is 17.7. The molecular weight excluding hydrogens is 734 g/mol. The molecule has 4 rings (SSSR count).